The molecule has 0 spiro atoms. The summed E-state index contributed by atoms with van der Waals surface area (Å²) >= 11 is 0. The Morgan fingerprint density at radius 3 is 2.73 bits per heavy atom. The highest BCUT2D eigenvalue weighted by Gasteiger charge is 2.48. The molecule has 1 fully saturated rings. The van der Waals surface area contributed by atoms with Gasteiger partial charge in [-0.3, -0.25) is 9.59 Å². The Labute approximate surface area is 130 Å². The lowest BCUT2D eigenvalue weighted by atomic mass is 9.93. The van der Waals surface area contributed by atoms with Gasteiger partial charge in [-0.05, 0) is 39.0 Å². The predicted molar refractivity (Wildman–Crippen MR) is 82.2 cm³/mol. The molecule has 1 aromatic rings. The molecule has 0 bridgehead atoms. The molecule has 0 radical (unpaired) electrons. The Hall–Kier alpha value is -1.85. The van der Waals surface area contributed by atoms with Crippen LogP contribution in [0.5, 0.6) is 0 Å². The number of amides is 2. The molecular formula is C16H24N4O2. The number of fused-ring (bicyclic) bond motifs is 1. The Bertz CT molecular complexity index is 605. The molecule has 0 aromatic carbocycles. The zero-order valence-electron chi connectivity index (χ0n) is 13.5. The molecule has 6 nitrogen and oxygen atoms in total. The fraction of sp³-hybridized carbons (Fsp3) is 0.688. The summed E-state index contributed by atoms with van der Waals surface area (Å²) in [4.78, 5) is 28.7. The quantitative estimate of drug-likeness (QED) is 0.869. The summed E-state index contributed by atoms with van der Waals surface area (Å²) in [5.74, 6) is 1.14. The third-order valence-corrected chi connectivity index (χ3v) is 4.75. The molecular weight excluding hydrogens is 280 g/mol. The van der Waals surface area contributed by atoms with Crippen LogP contribution >= 0.6 is 0 Å². The van der Waals surface area contributed by atoms with Crippen LogP contribution in [0, 0.1) is 12.8 Å². The Morgan fingerprint density at radius 1 is 1.36 bits per heavy atom. The van der Waals surface area contributed by atoms with Gasteiger partial charge < -0.3 is 15.2 Å². The van der Waals surface area contributed by atoms with E-state index in [2.05, 4.69) is 20.2 Å². The van der Waals surface area contributed by atoms with Gasteiger partial charge in [0.1, 0.15) is 11.4 Å². The van der Waals surface area contributed by atoms with Gasteiger partial charge in [0.2, 0.25) is 11.8 Å². The lowest BCUT2D eigenvalue weighted by Crippen LogP contribution is -2.60. The number of carbonyl (C=O) groups excluding carboxylic acids is 2. The molecule has 6 heteroatoms. The van der Waals surface area contributed by atoms with Gasteiger partial charge in [-0.1, -0.05) is 0 Å². The fourth-order valence-electron chi connectivity index (χ4n) is 3.41. The predicted octanol–water partition coefficient (Wildman–Crippen LogP) is 0.927. The van der Waals surface area contributed by atoms with Crippen molar-refractivity contribution >= 4 is 11.8 Å². The number of aryl methyl sites for hydroxylation is 2. The third-order valence-electron chi connectivity index (χ3n) is 4.75. The van der Waals surface area contributed by atoms with E-state index >= 15 is 0 Å². The van der Waals surface area contributed by atoms with E-state index in [1.54, 1.807) is 0 Å². The van der Waals surface area contributed by atoms with E-state index < -0.39 is 5.54 Å². The molecule has 3 rings (SSSR count). The lowest BCUT2D eigenvalue weighted by Gasteiger charge is -2.33. The number of aromatic nitrogens is 2. The van der Waals surface area contributed by atoms with Crippen molar-refractivity contribution in [2.75, 3.05) is 0 Å². The maximum Gasteiger partial charge on any atom is 0.246 e. The molecule has 2 heterocycles. The molecule has 0 unspecified atom stereocenters. The molecule has 2 N–H and O–H groups in total. The third kappa shape index (κ3) is 2.87. The highest BCUT2D eigenvalue weighted by molar-refractivity contribution is 5.91. The van der Waals surface area contributed by atoms with E-state index in [-0.39, 0.29) is 23.8 Å². The zero-order valence-corrected chi connectivity index (χ0v) is 13.5. The molecule has 22 heavy (non-hydrogen) atoms. The van der Waals surface area contributed by atoms with Gasteiger partial charge in [-0.2, -0.15) is 0 Å². The second-order valence-electron chi connectivity index (χ2n) is 6.82. The van der Waals surface area contributed by atoms with Gasteiger partial charge in [0.25, 0.3) is 0 Å². The van der Waals surface area contributed by atoms with Crippen molar-refractivity contribution in [2.24, 2.45) is 5.92 Å². The average Bonchev–Trinajstić information content (AvgIpc) is 3.20. The first kappa shape index (κ1) is 15.1. The van der Waals surface area contributed by atoms with Crippen molar-refractivity contribution in [3.8, 4) is 0 Å². The number of hydrogen-bond donors (Lipinski definition) is 2. The summed E-state index contributed by atoms with van der Waals surface area (Å²) in [5, 5.41) is 5.99. The molecule has 1 aliphatic heterocycles. The number of nitrogens with one attached hydrogen (secondary N) is 2. The lowest BCUT2D eigenvalue weighted by molar-refractivity contribution is -0.133. The van der Waals surface area contributed by atoms with Crippen molar-refractivity contribution < 1.29 is 9.59 Å². The van der Waals surface area contributed by atoms with Crippen molar-refractivity contribution in [1.29, 1.82) is 0 Å². The smallest absolute Gasteiger partial charge is 0.246 e. The van der Waals surface area contributed by atoms with Crippen molar-refractivity contribution in [3.63, 3.8) is 0 Å². The maximum atomic E-state index is 12.7. The summed E-state index contributed by atoms with van der Waals surface area (Å²) in [6, 6.07) is 0.0976. The van der Waals surface area contributed by atoms with Gasteiger partial charge >= 0.3 is 0 Å². The van der Waals surface area contributed by atoms with Gasteiger partial charge in [0.05, 0.1) is 5.69 Å². The van der Waals surface area contributed by atoms with Crippen LogP contribution in [0.3, 0.4) is 0 Å². The first-order chi connectivity index (χ1) is 10.4. The fourth-order valence-corrected chi connectivity index (χ4v) is 3.41. The van der Waals surface area contributed by atoms with Crippen LogP contribution in [0.4, 0.5) is 0 Å². The highest BCUT2D eigenvalue weighted by atomic mass is 16.2. The zero-order chi connectivity index (χ0) is 15.9. The van der Waals surface area contributed by atoms with E-state index in [0.717, 1.165) is 43.7 Å². The summed E-state index contributed by atoms with van der Waals surface area (Å²) < 4.78 is 2.12. The molecule has 2 atom stereocenters. The summed E-state index contributed by atoms with van der Waals surface area (Å²) in [6.07, 6.45) is 5.79. The Kier molecular flexibility index (Phi) is 3.70. The summed E-state index contributed by atoms with van der Waals surface area (Å²) in [6.45, 7) is 6.05. The summed E-state index contributed by atoms with van der Waals surface area (Å²) in [7, 11) is 0. The van der Waals surface area contributed by atoms with Gasteiger partial charge in [-0.15, -0.1) is 0 Å². The first-order valence-corrected chi connectivity index (χ1v) is 8.01. The van der Waals surface area contributed by atoms with Crippen LogP contribution in [-0.4, -0.2) is 32.9 Å². The number of carbonyl (C=O) groups is 2. The van der Waals surface area contributed by atoms with E-state index in [0.29, 0.717) is 0 Å². The van der Waals surface area contributed by atoms with Crippen molar-refractivity contribution in [3.05, 3.63) is 17.7 Å². The standard InChI is InChI=1S/C16H24N4O2/c1-10-8-20-9-13(6-7-14(20)17-10)18-15(22)16(3,12-4-5-12)19-11(2)21/h8,12-13H,4-7,9H2,1-3H3,(H,18,22)(H,19,21)/t13-,16+/m1/s1. The number of hydrogen-bond acceptors (Lipinski definition) is 3. The maximum absolute atomic E-state index is 12.7. The van der Waals surface area contributed by atoms with Gasteiger partial charge in [0.15, 0.2) is 0 Å². The van der Waals surface area contributed by atoms with Crippen molar-refractivity contribution in [2.45, 2.75) is 64.6 Å². The van der Waals surface area contributed by atoms with E-state index in [1.165, 1.54) is 6.92 Å². The van der Waals surface area contributed by atoms with Crippen LogP contribution in [-0.2, 0) is 22.6 Å². The molecule has 1 saturated carbocycles. The Balaban J connectivity index is 1.67. The molecule has 1 aliphatic carbocycles. The van der Waals surface area contributed by atoms with Crippen LogP contribution in [0.1, 0.15) is 44.6 Å². The number of imidazole rings is 1. The number of nitrogens with zero attached hydrogens (tertiary/aromatic N) is 2. The van der Waals surface area contributed by atoms with Crippen LogP contribution < -0.4 is 10.6 Å². The van der Waals surface area contributed by atoms with Crippen LogP contribution in [0.2, 0.25) is 0 Å². The SMILES string of the molecule is CC(=O)N[C@](C)(C(=O)N[C@@H]1CCc2nc(C)cn2C1)C1CC1. The Morgan fingerprint density at radius 2 is 2.09 bits per heavy atom. The average molecular weight is 304 g/mol. The second kappa shape index (κ2) is 5.41. The normalized spacial score (nSPS) is 23.3. The van der Waals surface area contributed by atoms with Crippen molar-refractivity contribution in [1.82, 2.24) is 20.2 Å². The first-order valence-electron chi connectivity index (χ1n) is 8.01. The minimum absolute atomic E-state index is 0.0597. The molecule has 0 saturated heterocycles. The van der Waals surface area contributed by atoms with Crippen LogP contribution in [0.25, 0.3) is 0 Å². The molecule has 2 aliphatic rings. The van der Waals surface area contributed by atoms with Gasteiger partial charge in [-0.25, -0.2) is 4.98 Å². The molecule has 1 aromatic heterocycles. The van der Waals surface area contributed by atoms with E-state index in [9.17, 15) is 9.59 Å². The largest absolute Gasteiger partial charge is 0.350 e. The topological polar surface area (TPSA) is 76.0 Å². The highest BCUT2D eigenvalue weighted by Crippen LogP contribution is 2.39. The van der Waals surface area contributed by atoms with E-state index in [4.69, 9.17) is 0 Å². The second-order valence-corrected chi connectivity index (χ2v) is 6.82. The van der Waals surface area contributed by atoms with E-state index in [1.807, 2.05) is 20.0 Å². The minimum Gasteiger partial charge on any atom is -0.350 e. The molecule has 120 valence electrons. The minimum atomic E-state index is -0.781. The molecule has 2 amide bonds. The van der Waals surface area contributed by atoms with Crippen LogP contribution in [0.15, 0.2) is 6.20 Å². The monoisotopic (exact) mass is 304 g/mol. The van der Waals surface area contributed by atoms with Gasteiger partial charge in [0, 0.05) is 32.1 Å². The summed E-state index contributed by atoms with van der Waals surface area (Å²) in [5.41, 5.74) is 0.236. The number of rotatable bonds is 4.